The fourth-order valence-electron chi connectivity index (χ4n) is 1.76. The van der Waals surface area contributed by atoms with Gasteiger partial charge in [0.25, 0.3) is 0 Å². The van der Waals surface area contributed by atoms with Gasteiger partial charge in [0.2, 0.25) is 0 Å². The first-order valence-electron chi connectivity index (χ1n) is 6.67. The third-order valence-corrected chi connectivity index (χ3v) is 4.26. The molecule has 2 rings (SSSR count). The van der Waals surface area contributed by atoms with Gasteiger partial charge in [-0.2, -0.15) is 0 Å². The predicted molar refractivity (Wildman–Crippen MR) is 76.2 cm³/mol. The molecule has 0 spiro atoms. The van der Waals surface area contributed by atoms with Crippen LogP contribution in [-0.4, -0.2) is 34.4 Å². The molecule has 0 bridgehead atoms. The van der Waals surface area contributed by atoms with Crippen molar-refractivity contribution in [3.8, 4) is 0 Å². The first kappa shape index (κ1) is 14.3. The van der Waals surface area contributed by atoms with Gasteiger partial charge in [0.05, 0.1) is 4.90 Å². The minimum atomic E-state index is -3.10. The number of hydrogen-bond acceptors (Lipinski definition) is 4. The highest BCUT2D eigenvalue weighted by Crippen LogP contribution is 2.28. The molecule has 1 aromatic rings. The van der Waals surface area contributed by atoms with Crippen molar-refractivity contribution < 1.29 is 13.2 Å². The Morgan fingerprint density at radius 1 is 1.26 bits per heavy atom. The van der Waals surface area contributed by atoms with Gasteiger partial charge in [-0.1, -0.05) is 0 Å². The predicted octanol–water partition coefficient (Wildman–Crippen LogP) is 2.32. The number of benzene rings is 1. The maximum absolute atomic E-state index is 11.3. The highest BCUT2D eigenvalue weighted by atomic mass is 32.2. The summed E-state index contributed by atoms with van der Waals surface area (Å²) in [5, 5.41) is 3.25. The molecule has 0 amide bonds. The molecule has 0 unspecified atom stereocenters. The van der Waals surface area contributed by atoms with Crippen LogP contribution in [0.25, 0.3) is 0 Å². The summed E-state index contributed by atoms with van der Waals surface area (Å²) in [6, 6.07) is 6.84. The normalized spacial score (nSPS) is 15.4. The minimum absolute atomic E-state index is 0.353. The number of nitrogens with one attached hydrogen (secondary N) is 1. The summed E-state index contributed by atoms with van der Waals surface area (Å²) in [6.07, 6.45) is 4.82. The Morgan fingerprint density at radius 2 is 1.95 bits per heavy atom. The molecule has 0 saturated heterocycles. The van der Waals surface area contributed by atoms with Crippen LogP contribution in [0.15, 0.2) is 29.2 Å². The van der Waals surface area contributed by atoms with E-state index < -0.39 is 9.84 Å². The van der Waals surface area contributed by atoms with E-state index in [0.29, 0.717) is 4.90 Å². The van der Waals surface area contributed by atoms with Crippen molar-refractivity contribution in [2.45, 2.75) is 24.2 Å². The number of sulfone groups is 1. The van der Waals surface area contributed by atoms with E-state index in [1.807, 2.05) is 0 Å². The molecule has 0 atom stereocenters. The molecule has 1 aliphatic carbocycles. The van der Waals surface area contributed by atoms with E-state index in [1.54, 1.807) is 24.3 Å². The zero-order chi connectivity index (χ0) is 13.7. The van der Waals surface area contributed by atoms with E-state index in [2.05, 4.69) is 5.32 Å². The summed E-state index contributed by atoms with van der Waals surface area (Å²) in [5.74, 6) is 0.816. The molecule has 0 heterocycles. The second-order valence-corrected chi connectivity index (χ2v) is 7.11. The van der Waals surface area contributed by atoms with E-state index >= 15 is 0 Å². The molecule has 0 aromatic heterocycles. The molecule has 5 heteroatoms. The van der Waals surface area contributed by atoms with Gasteiger partial charge in [0, 0.05) is 31.7 Å². The monoisotopic (exact) mass is 283 g/mol. The van der Waals surface area contributed by atoms with E-state index in [9.17, 15) is 8.42 Å². The van der Waals surface area contributed by atoms with Gasteiger partial charge in [0.1, 0.15) is 0 Å². The van der Waals surface area contributed by atoms with Crippen LogP contribution < -0.4 is 5.32 Å². The van der Waals surface area contributed by atoms with Crippen molar-refractivity contribution in [3.63, 3.8) is 0 Å². The maximum atomic E-state index is 11.3. The van der Waals surface area contributed by atoms with Crippen molar-refractivity contribution >= 4 is 15.5 Å². The first-order chi connectivity index (χ1) is 9.05. The second-order valence-electron chi connectivity index (χ2n) is 5.10. The van der Waals surface area contributed by atoms with E-state index in [4.69, 9.17) is 4.74 Å². The van der Waals surface area contributed by atoms with Crippen molar-refractivity contribution in [1.29, 1.82) is 0 Å². The van der Waals surface area contributed by atoms with Crippen LogP contribution in [0, 0.1) is 5.92 Å². The van der Waals surface area contributed by atoms with Crippen LogP contribution in [0.2, 0.25) is 0 Å². The van der Waals surface area contributed by atoms with Crippen molar-refractivity contribution in [1.82, 2.24) is 0 Å². The molecular weight excluding hydrogens is 262 g/mol. The fraction of sp³-hybridized carbons (Fsp3) is 0.571. The van der Waals surface area contributed by atoms with Crippen LogP contribution in [0.1, 0.15) is 19.3 Å². The van der Waals surface area contributed by atoms with Crippen LogP contribution in [-0.2, 0) is 14.6 Å². The van der Waals surface area contributed by atoms with Gasteiger partial charge in [0.15, 0.2) is 9.84 Å². The number of hydrogen-bond donors (Lipinski definition) is 1. The highest BCUT2D eigenvalue weighted by molar-refractivity contribution is 7.90. The average molecular weight is 283 g/mol. The molecule has 1 fully saturated rings. The lowest BCUT2D eigenvalue weighted by atomic mass is 10.3. The Hall–Kier alpha value is -1.07. The van der Waals surface area contributed by atoms with Gasteiger partial charge in [-0.25, -0.2) is 8.42 Å². The molecule has 4 nitrogen and oxygen atoms in total. The highest BCUT2D eigenvalue weighted by Gasteiger charge is 2.20. The third kappa shape index (κ3) is 5.20. The molecule has 1 aliphatic rings. The standard InChI is InChI=1S/C14H21NO3S/c1-19(16,17)14-7-5-13(6-8-14)15-9-2-10-18-11-12-3-4-12/h5-8,12,15H,2-4,9-11H2,1H3. The summed E-state index contributed by atoms with van der Waals surface area (Å²) in [7, 11) is -3.10. The Morgan fingerprint density at radius 3 is 2.53 bits per heavy atom. The topological polar surface area (TPSA) is 55.4 Å². The molecule has 1 aromatic carbocycles. The van der Waals surface area contributed by atoms with Crippen LogP contribution in [0.4, 0.5) is 5.69 Å². The zero-order valence-electron chi connectivity index (χ0n) is 11.3. The number of ether oxygens (including phenoxy) is 1. The molecule has 19 heavy (non-hydrogen) atoms. The SMILES string of the molecule is CS(=O)(=O)c1ccc(NCCCOCC2CC2)cc1. The Bertz CT molecular complexity index is 492. The lowest BCUT2D eigenvalue weighted by molar-refractivity contribution is 0.124. The van der Waals surface area contributed by atoms with Gasteiger partial charge in [-0.05, 0) is 49.4 Å². The minimum Gasteiger partial charge on any atom is -0.385 e. The lowest BCUT2D eigenvalue weighted by Crippen LogP contribution is -2.07. The first-order valence-corrected chi connectivity index (χ1v) is 8.56. The van der Waals surface area contributed by atoms with E-state index in [1.165, 1.54) is 19.1 Å². The quantitative estimate of drug-likeness (QED) is 0.744. The number of rotatable bonds is 8. The Balaban J connectivity index is 1.65. The molecular formula is C14H21NO3S. The fourth-order valence-corrected chi connectivity index (χ4v) is 2.39. The van der Waals surface area contributed by atoms with Crippen molar-refractivity contribution in [2.75, 3.05) is 31.3 Å². The molecule has 106 valence electrons. The average Bonchev–Trinajstić information content (AvgIpc) is 3.17. The smallest absolute Gasteiger partial charge is 0.175 e. The summed E-state index contributed by atoms with van der Waals surface area (Å²) in [6.45, 7) is 2.52. The largest absolute Gasteiger partial charge is 0.385 e. The van der Waals surface area contributed by atoms with Gasteiger partial charge in [-0.15, -0.1) is 0 Å². The summed E-state index contributed by atoms with van der Waals surface area (Å²) < 4.78 is 28.1. The van der Waals surface area contributed by atoms with Gasteiger partial charge in [-0.3, -0.25) is 0 Å². The molecule has 0 aliphatic heterocycles. The van der Waals surface area contributed by atoms with Crippen LogP contribution in [0.3, 0.4) is 0 Å². The lowest BCUT2D eigenvalue weighted by Gasteiger charge is -2.07. The summed E-state index contributed by atoms with van der Waals surface area (Å²) in [4.78, 5) is 0.353. The Labute approximate surface area is 115 Å². The third-order valence-electron chi connectivity index (χ3n) is 3.13. The van der Waals surface area contributed by atoms with Crippen molar-refractivity contribution in [3.05, 3.63) is 24.3 Å². The summed E-state index contributed by atoms with van der Waals surface area (Å²) >= 11 is 0. The molecule has 0 radical (unpaired) electrons. The Kier molecular flexibility index (Phi) is 4.82. The summed E-state index contributed by atoms with van der Waals surface area (Å²) in [5.41, 5.74) is 0.939. The molecule has 1 N–H and O–H groups in total. The van der Waals surface area contributed by atoms with Crippen LogP contribution in [0.5, 0.6) is 0 Å². The van der Waals surface area contributed by atoms with Crippen LogP contribution >= 0.6 is 0 Å². The van der Waals surface area contributed by atoms with E-state index in [-0.39, 0.29) is 0 Å². The van der Waals surface area contributed by atoms with Gasteiger partial charge >= 0.3 is 0 Å². The zero-order valence-corrected chi connectivity index (χ0v) is 12.1. The number of anilines is 1. The van der Waals surface area contributed by atoms with Gasteiger partial charge < -0.3 is 10.1 Å². The molecule has 1 saturated carbocycles. The van der Waals surface area contributed by atoms with Crippen molar-refractivity contribution in [2.24, 2.45) is 5.92 Å². The second kappa shape index (κ2) is 6.39. The van der Waals surface area contributed by atoms with E-state index in [0.717, 1.165) is 37.8 Å². The maximum Gasteiger partial charge on any atom is 0.175 e.